The van der Waals surface area contributed by atoms with Gasteiger partial charge in [-0.1, -0.05) is 30.3 Å². The molecule has 0 amide bonds. The molecule has 1 aromatic heterocycles. The second kappa shape index (κ2) is 12.1. The van der Waals surface area contributed by atoms with E-state index < -0.39 is 37.9 Å². The number of sulfonamides is 2. The van der Waals surface area contributed by atoms with Crippen molar-refractivity contribution in [2.45, 2.75) is 41.1 Å². The zero-order valence-electron chi connectivity index (χ0n) is 22.8. The molecule has 0 aliphatic carbocycles. The highest BCUT2D eigenvalue weighted by molar-refractivity contribution is 7.90. The summed E-state index contributed by atoms with van der Waals surface area (Å²) in [4.78, 5) is 6.07. The van der Waals surface area contributed by atoms with Crippen LogP contribution < -0.4 is 4.90 Å². The minimum Gasteiger partial charge on any atom is -0.376 e. The largest absolute Gasteiger partial charge is 0.421 e. The monoisotopic (exact) mass is 644 g/mol. The zero-order valence-corrected chi connectivity index (χ0v) is 25.3. The van der Waals surface area contributed by atoms with Crippen molar-refractivity contribution in [2.75, 3.05) is 37.3 Å². The fourth-order valence-corrected chi connectivity index (χ4v) is 7.63. The van der Waals surface area contributed by atoms with E-state index in [0.29, 0.717) is 18.2 Å². The van der Waals surface area contributed by atoms with Crippen LogP contribution in [0.5, 0.6) is 0 Å². The molecule has 0 spiro atoms. The first-order chi connectivity index (χ1) is 19.5. The Kier molecular flexibility index (Phi) is 9.31. The molecule has 228 valence electrons. The Hall–Kier alpha value is -2.69. The number of halogens is 3. The second-order valence-corrected chi connectivity index (χ2v) is 14.6. The minimum atomic E-state index is -4.90. The van der Waals surface area contributed by atoms with Crippen LogP contribution in [0.1, 0.15) is 18.1 Å². The van der Waals surface area contributed by atoms with Gasteiger partial charge in [0.05, 0.1) is 17.2 Å². The highest BCUT2D eigenvalue weighted by atomic mass is 32.2. The molecule has 1 fully saturated rings. The number of rotatable bonds is 9. The summed E-state index contributed by atoms with van der Waals surface area (Å²) < 4.78 is 95.6. The third-order valence-electron chi connectivity index (χ3n) is 7.21. The van der Waals surface area contributed by atoms with E-state index in [9.17, 15) is 35.1 Å². The van der Waals surface area contributed by atoms with Gasteiger partial charge in [0.1, 0.15) is 0 Å². The van der Waals surface area contributed by atoms with Crippen molar-refractivity contribution < 1.29 is 35.1 Å². The molecule has 9 nitrogen and oxygen atoms in total. The molecule has 1 N–H and O–H groups in total. The van der Waals surface area contributed by atoms with Crippen molar-refractivity contribution in [2.24, 2.45) is 0 Å². The van der Waals surface area contributed by atoms with Crippen LogP contribution in [0.15, 0.2) is 82.8 Å². The van der Waals surface area contributed by atoms with E-state index in [0.717, 1.165) is 18.4 Å². The van der Waals surface area contributed by atoms with Gasteiger partial charge in [0.15, 0.2) is 5.60 Å². The lowest BCUT2D eigenvalue weighted by Gasteiger charge is -2.43. The minimum absolute atomic E-state index is 0.00889. The molecule has 15 heteroatoms. The number of aromatic nitrogens is 1. The summed E-state index contributed by atoms with van der Waals surface area (Å²) in [7, 11) is -7.79. The number of anilines is 1. The van der Waals surface area contributed by atoms with Gasteiger partial charge in [-0.2, -0.15) is 21.8 Å². The van der Waals surface area contributed by atoms with E-state index in [1.165, 1.54) is 33.0 Å². The van der Waals surface area contributed by atoms with Crippen LogP contribution in [0.4, 0.5) is 18.9 Å². The average molecular weight is 645 g/mol. The van der Waals surface area contributed by atoms with Gasteiger partial charge in [-0.05, 0) is 48.4 Å². The van der Waals surface area contributed by atoms with Crippen LogP contribution in [0.2, 0.25) is 0 Å². The number of nitrogens with zero attached hydrogens (tertiary/aromatic N) is 4. The maximum Gasteiger partial charge on any atom is 0.421 e. The molecule has 0 saturated carbocycles. The Labute approximate surface area is 249 Å². The first-order valence-electron chi connectivity index (χ1n) is 12.8. The Bertz CT molecular complexity index is 1600. The molecule has 2 aromatic carbocycles. The molecule has 1 aliphatic heterocycles. The lowest BCUT2D eigenvalue weighted by Crippen LogP contribution is -2.58. The normalized spacial score (nSPS) is 18.7. The lowest BCUT2D eigenvalue weighted by molar-refractivity contribution is -0.258. The Morgan fingerprint density at radius 2 is 1.69 bits per heavy atom. The van der Waals surface area contributed by atoms with Crippen LogP contribution in [0.3, 0.4) is 0 Å². The third kappa shape index (κ3) is 6.92. The molecular formula is C27H31F3N4O5S3. The smallest absolute Gasteiger partial charge is 0.376 e. The molecule has 1 saturated heterocycles. The Morgan fingerprint density at radius 3 is 2.26 bits per heavy atom. The average Bonchev–Trinajstić information content (AvgIpc) is 2.92. The number of alkyl halides is 3. The summed E-state index contributed by atoms with van der Waals surface area (Å²) in [5.41, 5.74) is -2.37. The summed E-state index contributed by atoms with van der Waals surface area (Å²) in [6.07, 6.45) is -0.764. The summed E-state index contributed by atoms with van der Waals surface area (Å²) in [6.45, 7) is 0.575. The molecule has 1 aliphatic rings. The molecule has 2 heterocycles. The predicted molar refractivity (Wildman–Crippen MR) is 155 cm³/mol. The van der Waals surface area contributed by atoms with Crippen LogP contribution in [0, 0.1) is 0 Å². The van der Waals surface area contributed by atoms with Gasteiger partial charge in [0.2, 0.25) is 20.0 Å². The van der Waals surface area contributed by atoms with Gasteiger partial charge >= 0.3 is 6.18 Å². The van der Waals surface area contributed by atoms with E-state index >= 15 is 0 Å². The van der Waals surface area contributed by atoms with Crippen molar-refractivity contribution in [1.29, 1.82) is 0 Å². The standard InChI is InChI=1S/C27H31F3N4O5S3/c1-26(35,27(28,29)30)21-9-11-22(12-10-21)34-15-14-32(42(38,39)25-8-4-3-7-24(25)40)18-23(34)19-33(41(2,36)37)17-20-6-5-13-31-16-20/h3-13,16,23,35,40H,14-15,17-19H2,1-2H3/t23-,26-/m1/s1. The number of aliphatic hydroxyl groups is 1. The molecule has 0 unspecified atom stereocenters. The predicted octanol–water partition coefficient (Wildman–Crippen LogP) is 3.48. The van der Waals surface area contributed by atoms with Gasteiger partial charge < -0.3 is 10.0 Å². The Balaban J connectivity index is 1.70. The molecule has 0 bridgehead atoms. The van der Waals surface area contributed by atoms with Crippen LogP contribution in [-0.2, 0) is 32.2 Å². The number of pyridine rings is 1. The second-order valence-electron chi connectivity index (χ2n) is 10.2. The highest BCUT2D eigenvalue weighted by Crippen LogP contribution is 2.39. The van der Waals surface area contributed by atoms with Crippen LogP contribution in [-0.4, -0.2) is 80.2 Å². The summed E-state index contributed by atoms with van der Waals surface area (Å²) in [5, 5.41) is 10.1. The molecule has 3 aromatic rings. The van der Waals surface area contributed by atoms with Gasteiger partial charge in [-0.15, -0.1) is 12.6 Å². The zero-order chi connectivity index (χ0) is 30.9. The van der Waals surface area contributed by atoms with E-state index in [4.69, 9.17) is 0 Å². The van der Waals surface area contributed by atoms with E-state index in [2.05, 4.69) is 17.6 Å². The van der Waals surface area contributed by atoms with Crippen LogP contribution in [0.25, 0.3) is 0 Å². The van der Waals surface area contributed by atoms with Crippen molar-refractivity contribution >= 4 is 38.4 Å². The first kappa shape index (κ1) is 32.2. The summed E-state index contributed by atoms with van der Waals surface area (Å²) in [6, 6.07) is 14.0. The topological polar surface area (TPSA) is 111 Å². The van der Waals surface area contributed by atoms with Crippen LogP contribution >= 0.6 is 12.6 Å². The first-order valence-corrected chi connectivity index (χ1v) is 16.5. The van der Waals surface area contributed by atoms with Crippen molar-refractivity contribution in [1.82, 2.24) is 13.6 Å². The molecule has 42 heavy (non-hydrogen) atoms. The SMILES string of the molecule is C[C@@](O)(c1ccc(N2CCN(S(=O)(=O)c3ccccc3S)C[C@@H]2CN(Cc2cccnc2)S(C)(=O)=O)cc1)C(F)(F)F. The third-order valence-corrected chi connectivity index (χ3v) is 10.9. The number of hydrogen-bond acceptors (Lipinski definition) is 8. The van der Waals surface area contributed by atoms with Crippen molar-refractivity contribution in [3.8, 4) is 0 Å². The van der Waals surface area contributed by atoms with Crippen molar-refractivity contribution in [3.05, 3.63) is 84.2 Å². The summed E-state index contributed by atoms with van der Waals surface area (Å²) >= 11 is 4.30. The molecule has 2 atom stereocenters. The molecular weight excluding hydrogens is 614 g/mol. The van der Waals surface area contributed by atoms with Gasteiger partial charge in [0.25, 0.3) is 0 Å². The van der Waals surface area contributed by atoms with Gasteiger partial charge in [-0.25, -0.2) is 16.8 Å². The Morgan fingerprint density at radius 1 is 1.02 bits per heavy atom. The van der Waals surface area contributed by atoms with Crippen molar-refractivity contribution in [3.63, 3.8) is 0 Å². The molecule has 0 radical (unpaired) electrons. The van der Waals surface area contributed by atoms with E-state index in [1.807, 2.05) is 0 Å². The lowest BCUT2D eigenvalue weighted by atomic mass is 9.95. The fraction of sp³-hybridized carbons (Fsp3) is 0.370. The highest BCUT2D eigenvalue weighted by Gasteiger charge is 2.51. The number of thiol groups is 1. The number of hydrogen-bond donors (Lipinski definition) is 2. The van der Waals surface area contributed by atoms with E-state index in [-0.39, 0.29) is 48.1 Å². The molecule has 4 rings (SSSR count). The van der Waals surface area contributed by atoms with Gasteiger partial charge in [-0.3, -0.25) is 4.98 Å². The van der Waals surface area contributed by atoms with E-state index in [1.54, 1.807) is 41.4 Å². The quantitative estimate of drug-likeness (QED) is 0.343. The maximum absolute atomic E-state index is 13.6. The maximum atomic E-state index is 13.6. The summed E-state index contributed by atoms with van der Waals surface area (Å²) in [5.74, 6) is 0. The number of benzene rings is 2. The number of piperazine rings is 1. The fourth-order valence-electron chi connectivity index (χ4n) is 4.74. The van der Waals surface area contributed by atoms with Gasteiger partial charge in [0, 0.05) is 55.7 Å².